The van der Waals surface area contributed by atoms with Crippen molar-refractivity contribution < 1.29 is 9.47 Å². The summed E-state index contributed by atoms with van der Waals surface area (Å²) in [7, 11) is 0. The summed E-state index contributed by atoms with van der Waals surface area (Å²) >= 11 is 0. The average molecular weight is 247 g/mol. The largest absolute Gasteiger partial charge is 0.449 e. The van der Waals surface area contributed by atoms with E-state index < -0.39 is 5.79 Å². The molecule has 0 radical (unpaired) electrons. The molecule has 1 aliphatic heterocycles. The van der Waals surface area contributed by atoms with E-state index in [-0.39, 0.29) is 11.5 Å². The fourth-order valence-corrected chi connectivity index (χ4v) is 3.01. The van der Waals surface area contributed by atoms with Crippen LogP contribution < -0.4 is 15.2 Å². The zero-order chi connectivity index (χ0) is 13.1. The van der Waals surface area contributed by atoms with Crippen molar-refractivity contribution in [1.29, 1.82) is 0 Å². The van der Waals surface area contributed by atoms with Crippen LogP contribution >= 0.6 is 0 Å². The Labute approximate surface area is 108 Å². The van der Waals surface area contributed by atoms with Gasteiger partial charge in [-0.1, -0.05) is 0 Å². The molecule has 1 unspecified atom stereocenters. The van der Waals surface area contributed by atoms with Crippen LogP contribution in [0.25, 0.3) is 0 Å². The van der Waals surface area contributed by atoms with Gasteiger partial charge in [0.1, 0.15) is 0 Å². The summed E-state index contributed by atoms with van der Waals surface area (Å²) in [5.74, 6) is 1.15. The second-order valence-electron chi connectivity index (χ2n) is 6.16. The lowest BCUT2D eigenvalue weighted by molar-refractivity contribution is -0.0431. The first-order valence-corrected chi connectivity index (χ1v) is 6.63. The lowest BCUT2D eigenvalue weighted by Gasteiger charge is -2.22. The maximum Gasteiger partial charge on any atom is 0.246 e. The first-order valence-electron chi connectivity index (χ1n) is 6.63. The molecule has 1 aliphatic carbocycles. The summed E-state index contributed by atoms with van der Waals surface area (Å²) in [5, 5.41) is 0. The monoisotopic (exact) mass is 247 g/mol. The van der Waals surface area contributed by atoms with Gasteiger partial charge in [-0.2, -0.15) is 0 Å². The second-order valence-corrected chi connectivity index (χ2v) is 6.16. The molecule has 2 aliphatic rings. The Kier molecular flexibility index (Phi) is 2.25. The highest BCUT2D eigenvalue weighted by Crippen LogP contribution is 2.54. The molecule has 3 heteroatoms. The molecule has 0 aromatic heterocycles. The van der Waals surface area contributed by atoms with Gasteiger partial charge in [0.2, 0.25) is 5.79 Å². The third-order valence-electron chi connectivity index (χ3n) is 4.20. The van der Waals surface area contributed by atoms with E-state index in [4.69, 9.17) is 15.2 Å². The van der Waals surface area contributed by atoms with Crippen LogP contribution in [0.1, 0.15) is 44.7 Å². The van der Waals surface area contributed by atoms with Crippen molar-refractivity contribution in [1.82, 2.24) is 0 Å². The van der Waals surface area contributed by atoms with Gasteiger partial charge in [0.15, 0.2) is 11.5 Å². The maximum atomic E-state index is 6.16. The summed E-state index contributed by atoms with van der Waals surface area (Å²) in [6, 6.07) is 4.40. The van der Waals surface area contributed by atoms with Crippen molar-refractivity contribution in [2.24, 2.45) is 5.73 Å². The molecule has 0 bridgehead atoms. The third-order valence-corrected chi connectivity index (χ3v) is 4.20. The fourth-order valence-electron chi connectivity index (χ4n) is 3.01. The molecule has 98 valence electrons. The molecule has 1 heterocycles. The topological polar surface area (TPSA) is 44.5 Å². The number of nitrogens with two attached hydrogens (primary N) is 1. The molecule has 1 saturated carbocycles. The van der Waals surface area contributed by atoms with Crippen LogP contribution in [0.5, 0.6) is 11.5 Å². The molecule has 3 nitrogen and oxygen atoms in total. The smallest absolute Gasteiger partial charge is 0.246 e. The van der Waals surface area contributed by atoms with Gasteiger partial charge in [-0.05, 0) is 49.9 Å². The summed E-state index contributed by atoms with van der Waals surface area (Å²) in [5.41, 5.74) is 8.91. The van der Waals surface area contributed by atoms with E-state index in [2.05, 4.69) is 26.0 Å². The van der Waals surface area contributed by atoms with E-state index in [9.17, 15) is 0 Å². The van der Waals surface area contributed by atoms with Crippen LogP contribution in [-0.4, -0.2) is 11.8 Å². The van der Waals surface area contributed by atoms with E-state index in [1.54, 1.807) is 0 Å². The summed E-state index contributed by atoms with van der Waals surface area (Å²) in [4.78, 5) is 0. The Balaban J connectivity index is 2.05. The molecule has 1 atom stereocenters. The summed E-state index contributed by atoms with van der Waals surface area (Å²) in [6.07, 6.45) is 2.35. The highest BCUT2D eigenvalue weighted by molar-refractivity contribution is 5.53. The minimum atomic E-state index is -0.557. The van der Waals surface area contributed by atoms with Crippen molar-refractivity contribution >= 4 is 0 Å². The molecular weight excluding hydrogens is 226 g/mol. The Hall–Kier alpha value is -1.22. The Morgan fingerprint density at radius 1 is 1.17 bits per heavy atom. The van der Waals surface area contributed by atoms with Gasteiger partial charge in [0, 0.05) is 25.3 Å². The molecule has 2 N–H and O–H groups in total. The molecule has 18 heavy (non-hydrogen) atoms. The van der Waals surface area contributed by atoms with Crippen molar-refractivity contribution in [3.05, 3.63) is 23.3 Å². The van der Waals surface area contributed by atoms with Crippen LogP contribution in [0.15, 0.2) is 12.1 Å². The lowest BCUT2D eigenvalue weighted by Crippen LogP contribution is -2.32. The Morgan fingerprint density at radius 2 is 1.72 bits per heavy atom. The fraction of sp³-hybridized carbons (Fsp3) is 0.600. The van der Waals surface area contributed by atoms with Crippen LogP contribution in [0.2, 0.25) is 0 Å². The Morgan fingerprint density at radius 3 is 2.22 bits per heavy atom. The van der Waals surface area contributed by atoms with Gasteiger partial charge >= 0.3 is 0 Å². The minimum Gasteiger partial charge on any atom is -0.449 e. The molecule has 1 aromatic carbocycles. The number of benzene rings is 1. The van der Waals surface area contributed by atoms with E-state index in [1.165, 1.54) is 24.0 Å². The number of hydrogen-bond acceptors (Lipinski definition) is 3. The normalized spacial score (nSPS) is 23.8. The number of rotatable bonds is 2. The van der Waals surface area contributed by atoms with Crippen LogP contribution in [0.3, 0.4) is 0 Å². The zero-order valence-corrected chi connectivity index (χ0v) is 11.5. The molecule has 0 amide bonds. The van der Waals surface area contributed by atoms with Gasteiger partial charge in [-0.15, -0.1) is 0 Å². The molecule has 3 rings (SSSR count). The standard InChI is InChI=1S/C15H21NO2/c1-9-7-12-13(18-14(3,4)17-12)8-11(9)15(5-6-15)10(2)16/h7-8,10H,5-6,16H2,1-4H3. The second kappa shape index (κ2) is 3.41. The van der Waals surface area contributed by atoms with Crippen LogP contribution in [0.4, 0.5) is 0 Å². The predicted molar refractivity (Wildman–Crippen MR) is 71.1 cm³/mol. The average Bonchev–Trinajstić information content (AvgIpc) is 2.97. The van der Waals surface area contributed by atoms with E-state index in [0.29, 0.717) is 0 Å². The van der Waals surface area contributed by atoms with Gasteiger partial charge in [0.25, 0.3) is 0 Å². The zero-order valence-electron chi connectivity index (χ0n) is 11.5. The van der Waals surface area contributed by atoms with E-state index in [0.717, 1.165) is 11.5 Å². The van der Waals surface area contributed by atoms with Crippen molar-refractivity contribution in [3.63, 3.8) is 0 Å². The van der Waals surface area contributed by atoms with Crippen molar-refractivity contribution in [2.75, 3.05) is 0 Å². The molecule has 0 saturated heterocycles. The lowest BCUT2D eigenvalue weighted by atomic mass is 9.86. The predicted octanol–water partition coefficient (Wildman–Crippen LogP) is 2.88. The first-order chi connectivity index (χ1) is 8.34. The molecular formula is C15H21NO2. The number of fused-ring (bicyclic) bond motifs is 1. The van der Waals surface area contributed by atoms with Crippen LogP contribution in [-0.2, 0) is 5.41 Å². The van der Waals surface area contributed by atoms with Crippen molar-refractivity contribution in [2.45, 2.75) is 57.8 Å². The number of aryl methyl sites for hydroxylation is 1. The highest BCUT2D eigenvalue weighted by atomic mass is 16.7. The quantitative estimate of drug-likeness (QED) is 0.874. The minimum absolute atomic E-state index is 0.162. The van der Waals surface area contributed by atoms with Gasteiger partial charge in [0.05, 0.1) is 0 Å². The van der Waals surface area contributed by atoms with Crippen molar-refractivity contribution in [3.8, 4) is 11.5 Å². The number of hydrogen-bond donors (Lipinski definition) is 1. The van der Waals surface area contributed by atoms with Gasteiger partial charge in [-0.25, -0.2) is 0 Å². The van der Waals surface area contributed by atoms with Gasteiger partial charge in [-0.3, -0.25) is 0 Å². The van der Waals surface area contributed by atoms with Gasteiger partial charge < -0.3 is 15.2 Å². The van der Waals surface area contributed by atoms with E-state index >= 15 is 0 Å². The van der Waals surface area contributed by atoms with E-state index in [1.807, 2.05) is 13.8 Å². The maximum absolute atomic E-state index is 6.16. The summed E-state index contributed by atoms with van der Waals surface area (Å²) in [6.45, 7) is 8.09. The molecule has 0 spiro atoms. The summed E-state index contributed by atoms with van der Waals surface area (Å²) < 4.78 is 11.6. The molecule has 1 fully saturated rings. The SMILES string of the molecule is Cc1cc2c(cc1C1(C(C)N)CC1)OC(C)(C)O2. The first kappa shape index (κ1) is 11.8. The highest BCUT2D eigenvalue weighted by Gasteiger charge is 2.49. The Bertz CT molecular complexity index is 501. The number of ether oxygens (including phenoxy) is 2. The van der Waals surface area contributed by atoms with Crippen LogP contribution in [0, 0.1) is 6.92 Å². The molecule has 1 aromatic rings. The third kappa shape index (κ3) is 1.61.